The highest BCUT2D eigenvalue weighted by Crippen LogP contribution is 2.28. The Hall–Kier alpha value is -2.87. The quantitative estimate of drug-likeness (QED) is 0.728. The number of ether oxygens (including phenoxy) is 1. The van der Waals surface area contributed by atoms with Crippen molar-refractivity contribution in [3.05, 3.63) is 53.0 Å². The van der Waals surface area contributed by atoms with E-state index in [1.165, 1.54) is 12.0 Å². The fraction of sp³-hybridized carbons (Fsp3) is 0.250. The van der Waals surface area contributed by atoms with Gasteiger partial charge in [0.1, 0.15) is 5.92 Å². The van der Waals surface area contributed by atoms with Gasteiger partial charge in [0.25, 0.3) is 0 Å². The fourth-order valence-electron chi connectivity index (χ4n) is 3.06. The van der Waals surface area contributed by atoms with E-state index >= 15 is 0 Å². The van der Waals surface area contributed by atoms with Gasteiger partial charge in [0.05, 0.1) is 7.11 Å². The van der Waals surface area contributed by atoms with Crippen molar-refractivity contribution >= 4 is 50.9 Å². The summed E-state index contributed by atoms with van der Waals surface area (Å²) in [6.07, 6.45) is -0.0265. The minimum Gasteiger partial charge on any atom is -0.452 e. The summed E-state index contributed by atoms with van der Waals surface area (Å²) >= 11 is 3.40. The molecule has 0 bridgehead atoms. The van der Waals surface area contributed by atoms with Crippen LogP contribution in [0.15, 0.2) is 53.0 Å². The van der Waals surface area contributed by atoms with E-state index in [0.717, 1.165) is 10.2 Å². The Morgan fingerprint density at radius 3 is 2.57 bits per heavy atom. The van der Waals surface area contributed by atoms with Gasteiger partial charge in [-0.05, 0) is 48.9 Å². The van der Waals surface area contributed by atoms with Crippen LogP contribution in [-0.4, -0.2) is 38.6 Å². The predicted molar refractivity (Wildman–Crippen MR) is 110 cm³/mol. The Bertz CT molecular complexity index is 901. The largest absolute Gasteiger partial charge is 0.452 e. The third kappa shape index (κ3) is 4.17. The third-order valence-corrected chi connectivity index (χ3v) is 5.11. The van der Waals surface area contributed by atoms with Crippen LogP contribution in [0.4, 0.5) is 21.9 Å². The zero-order valence-electron chi connectivity index (χ0n) is 15.5. The number of methoxy groups -OCH3 is 1. The van der Waals surface area contributed by atoms with Crippen molar-refractivity contribution in [1.82, 2.24) is 0 Å². The molecule has 146 valence electrons. The molecule has 0 saturated carbocycles. The first-order chi connectivity index (χ1) is 13.4. The molecule has 3 amide bonds. The van der Waals surface area contributed by atoms with Crippen LogP contribution in [0.3, 0.4) is 0 Å². The summed E-state index contributed by atoms with van der Waals surface area (Å²) in [6, 6.07) is 14.2. The molecule has 2 aromatic rings. The Morgan fingerprint density at radius 2 is 1.93 bits per heavy atom. The average Bonchev–Trinajstić information content (AvgIpc) is 3.09. The lowest BCUT2D eigenvalue weighted by molar-refractivity contribution is -0.129. The molecule has 0 spiro atoms. The van der Waals surface area contributed by atoms with Crippen LogP contribution < -0.4 is 15.1 Å². The average molecular weight is 446 g/mol. The summed E-state index contributed by atoms with van der Waals surface area (Å²) in [5, 5.41) is 2.78. The number of benzene rings is 2. The molecule has 8 heteroatoms. The van der Waals surface area contributed by atoms with Gasteiger partial charge in [-0.3, -0.25) is 14.5 Å². The number of rotatable bonds is 4. The lowest BCUT2D eigenvalue weighted by Crippen LogP contribution is -2.33. The number of nitrogens with zero attached hydrogens (tertiary/aromatic N) is 2. The van der Waals surface area contributed by atoms with E-state index in [2.05, 4.69) is 26.0 Å². The van der Waals surface area contributed by atoms with Crippen LogP contribution in [0.1, 0.15) is 6.42 Å². The number of halogens is 1. The summed E-state index contributed by atoms with van der Waals surface area (Å²) in [5.74, 6) is -1.27. The topological polar surface area (TPSA) is 79.0 Å². The molecule has 28 heavy (non-hydrogen) atoms. The highest BCUT2D eigenvalue weighted by molar-refractivity contribution is 9.10. The maximum absolute atomic E-state index is 12.7. The van der Waals surface area contributed by atoms with E-state index in [0.29, 0.717) is 24.3 Å². The van der Waals surface area contributed by atoms with Crippen LogP contribution in [0.25, 0.3) is 0 Å². The maximum Gasteiger partial charge on any atom is 0.413 e. The zero-order valence-corrected chi connectivity index (χ0v) is 17.1. The second-order valence-corrected chi connectivity index (χ2v) is 7.29. The van der Waals surface area contributed by atoms with Crippen LogP contribution in [-0.2, 0) is 14.3 Å². The summed E-state index contributed by atoms with van der Waals surface area (Å²) in [6.45, 7) is 0.496. The molecule has 1 saturated heterocycles. The lowest BCUT2D eigenvalue weighted by atomic mass is 10.1. The normalized spacial score (nSPS) is 16.0. The maximum atomic E-state index is 12.7. The van der Waals surface area contributed by atoms with Gasteiger partial charge in [-0.1, -0.05) is 22.0 Å². The first kappa shape index (κ1) is 19.9. The standard InChI is InChI=1S/C20H20BrN3O4/c1-23(20(27)28-2)15-8-6-14(7-9-15)22-18(25)17-10-11-24(19(17)26)16-5-3-4-13(21)12-16/h3-9,12,17H,10-11H2,1-2H3,(H,22,25). The van der Waals surface area contributed by atoms with Gasteiger partial charge in [-0.15, -0.1) is 0 Å². The Kier molecular flexibility index (Phi) is 5.99. The zero-order chi connectivity index (χ0) is 20.3. The molecule has 7 nitrogen and oxygen atoms in total. The van der Waals surface area contributed by atoms with Crippen molar-refractivity contribution in [2.24, 2.45) is 5.92 Å². The van der Waals surface area contributed by atoms with Gasteiger partial charge in [0, 0.05) is 35.1 Å². The number of anilines is 3. The van der Waals surface area contributed by atoms with Crippen molar-refractivity contribution in [2.45, 2.75) is 6.42 Å². The second kappa shape index (κ2) is 8.43. The smallest absolute Gasteiger partial charge is 0.413 e. The third-order valence-electron chi connectivity index (χ3n) is 4.61. The van der Waals surface area contributed by atoms with Gasteiger partial charge in [-0.2, -0.15) is 0 Å². The number of carbonyl (C=O) groups is 3. The number of amides is 3. The van der Waals surface area contributed by atoms with E-state index in [1.807, 2.05) is 24.3 Å². The molecule has 1 heterocycles. The van der Waals surface area contributed by atoms with Crippen molar-refractivity contribution in [2.75, 3.05) is 35.8 Å². The molecule has 1 aliphatic rings. The summed E-state index contributed by atoms with van der Waals surface area (Å²) in [7, 11) is 2.90. The van der Waals surface area contributed by atoms with Crippen LogP contribution in [0, 0.1) is 5.92 Å². The summed E-state index contributed by atoms with van der Waals surface area (Å²) in [4.78, 5) is 39.8. The highest BCUT2D eigenvalue weighted by Gasteiger charge is 2.37. The number of hydrogen-bond donors (Lipinski definition) is 1. The van der Waals surface area contributed by atoms with Gasteiger partial charge >= 0.3 is 6.09 Å². The molecule has 1 N–H and O–H groups in total. The van der Waals surface area contributed by atoms with Gasteiger partial charge < -0.3 is 15.0 Å². The molecule has 1 fully saturated rings. The lowest BCUT2D eigenvalue weighted by Gasteiger charge is -2.17. The van der Waals surface area contributed by atoms with Crippen molar-refractivity contribution in [1.29, 1.82) is 0 Å². The molecule has 3 rings (SSSR count). The van der Waals surface area contributed by atoms with Crippen molar-refractivity contribution in [3.63, 3.8) is 0 Å². The first-order valence-corrected chi connectivity index (χ1v) is 9.49. The summed E-state index contributed by atoms with van der Waals surface area (Å²) in [5.41, 5.74) is 1.95. The van der Waals surface area contributed by atoms with Crippen LogP contribution in [0.5, 0.6) is 0 Å². The number of carbonyl (C=O) groups excluding carboxylic acids is 3. The van der Waals surface area contributed by atoms with Crippen LogP contribution in [0.2, 0.25) is 0 Å². The summed E-state index contributed by atoms with van der Waals surface area (Å²) < 4.78 is 5.54. The first-order valence-electron chi connectivity index (χ1n) is 8.70. The molecule has 0 aliphatic carbocycles. The van der Waals surface area contributed by atoms with Gasteiger partial charge in [0.2, 0.25) is 11.8 Å². The highest BCUT2D eigenvalue weighted by atomic mass is 79.9. The van der Waals surface area contributed by atoms with Crippen molar-refractivity contribution < 1.29 is 19.1 Å². The Labute approximate surface area is 171 Å². The SMILES string of the molecule is COC(=O)N(C)c1ccc(NC(=O)C2CCN(c3cccc(Br)c3)C2=O)cc1. The minimum absolute atomic E-state index is 0.211. The van der Waals surface area contributed by atoms with E-state index in [9.17, 15) is 14.4 Å². The molecule has 1 atom stereocenters. The Morgan fingerprint density at radius 1 is 1.21 bits per heavy atom. The minimum atomic E-state index is -0.726. The van der Waals surface area contributed by atoms with E-state index in [4.69, 9.17) is 0 Å². The Balaban J connectivity index is 1.65. The molecular weight excluding hydrogens is 426 g/mol. The monoisotopic (exact) mass is 445 g/mol. The molecule has 0 radical (unpaired) electrons. The van der Waals surface area contributed by atoms with Crippen LogP contribution >= 0.6 is 15.9 Å². The van der Waals surface area contributed by atoms with E-state index in [-0.39, 0.29) is 11.8 Å². The molecule has 0 aromatic heterocycles. The van der Waals surface area contributed by atoms with Gasteiger partial charge in [0.15, 0.2) is 0 Å². The predicted octanol–water partition coefficient (Wildman–Crippen LogP) is 3.64. The van der Waals surface area contributed by atoms with Gasteiger partial charge in [-0.25, -0.2) is 4.79 Å². The number of hydrogen-bond acceptors (Lipinski definition) is 4. The fourth-order valence-corrected chi connectivity index (χ4v) is 3.45. The van der Waals surface area contributed by atoms with E-state index in [1.54, 1.807) is 36.2 Å². The molecule has 2 aromatic carbocycles. The second-order valence-electron chi connectivity index (χ2n) is 6.38. The molecule has 1 unspecified atom stereocenters. The van der Waals surface area contributed by atoms with Crippen molar-refractivity contribution in [3.8, 4) is 0 Å². The molecular formula is C20H20BrN3O4. The van der Waals surface area contributed by atoms with E-state index < -0.39 is 12.0 Å². The number of nitrogens with one attached hydrogen (secondary N) is 1. The molecule has 1 aliphatic heterocycles.